The third kappa shape index (κ3) is 6.31. The summed E-state index contributed by atoms with van der Waals surface area (Å²) in [6.07, 6.45) is 11.6. The van der Waals surface area contributed by atoms with Gasteiger partial charge in [0.2, 0.25) is 0 Å². The molecule has 0 spiro atoms. The second kappa shape index (κ2) is 11.4. The average Bonchev–Trinajstić information content (AvgIpc) is 3.21. The van der Waals surface area contributed by atoms with Crippen molar-refractivity contribution in [2.24, 2.45) is 0 Å². The van der Waals surface area contributed by atoms with E-state index in [0.29, 0.717) is 11.5 Å². The van der Waals surface area contributed by atoms with E-state index >= 15 is 0 Å². The van der Waals surface area contributed by atoms with Gasteiger partial charge in [0, 0.05) is 10.9 Å². The van der Waals surface area contributed by atoms with E-state index in [1.807, 2.05) is 27.7 Å². The van der Waals surface area contributed by atoms with Gasteiger partial charge in [0.15, 0.2) is 0 Å². The molecule has 2 aliphatic rings. The number of benzene rings is 1. The summed E-state index contributed by atoms with van der Waals surface area (Å²) in [4.78, 5) is 0. The van der Waals surface area contributed by atoms with Crippen molar-refractivity contribution in [1.82, 2.24) is 0 Å². The van der Waals surface area contributed by atoms with Crippen LogP contribution in [0.2, 0.25) is 0 Å². The summed E-state index contributed by atoms with van der Waals surface area (Å²) in [5.41, 5.74) is 3.75. The Bertz CT molecular complexity index is 806. The zero-order chi connectivity index (χ0) is 24.9. The smallest absolute Gasteiger partial charge is 0.534 e. The fourth-order valence-corrected chi connectivity index (χ4v) is 4.59. The Morgan fingerprint density at radius 2 is 1.03 bits per heavy atom. The van der Waals surface area contributed by atoms with E-state index < -0.39 is 25.4 Å². The van der Waals surface area contributed by atoms with Crippen molar-refractivity contribution in [3.63, 3.8) is 0 Å². The fourth-order valence-electron chi connectivity index (χ4n) is 4.59. The maximum Gasteiger partial charge on any atom is 0.563 e. The van der Waals surface area contributed by atoms with Crippen LogP contribution in [0.15, 0.2) is 36.8 Å². The monoisotopic (exact) mass is 466 g/mol. The van der Waals surface area contributed by atoms with Crippen molar-refractivity contribution in [2.75, 3.05) is 0 Å². The van der Waals surface area contributed by atoms with Crippen LogP contribution in [0.25, 0.3) is 0 Å². The zero-order valence-corrected chi connectivity index (χ0v) is 22.4. The Kier molecular flexibility index (Phi) is 9.03. The molecule has 6 heteroatoms. The second-order valence-electron chi connectivity index (χ2n) is 10.9. The van der Waals surface area contributed by atoms with Gasteiger partial charge in [0.1, 0.15) is 11.2 Å². The van der Waals surface area contributed by atoms with Gasteiger partial charge in [-0.1, -0.05) is 77.7 Å². The van der Waals surface area contributed by atoms with Crippen LogP contribution in [-0.2, 0) is 31.5 Å². The predicted octanol–water partition coefficient (Wildman–Crippen LogP) is 6.00. The first-order valence-electron chi connectivity index (χ1n) is 13.3. The summed E-state index contributed by atoms with van der Waals surface area (Å²) in [7, 11) is -0.854. The molecular formula is C28H44B2O4. The molecule has 2 aliphatic heterocycles. The molecule has 0 unspecified atom stereocenters. The molecule has 0 saturated carbocycles. The van der Waals surface area contributed by atoms with Crippen molar-refractivity contribution in [2.45, 2.75) is 117 Å². The molecule has 0 atom stereocenters. The Morgan fingerprint density at radius 3 is 1.32 bits per heavy atom. The van der Waals surface area contributed by atoms with E-state index in [1.165, 1.54) is 49.7 Å². The van der Waals surface area contributed by atoms with Crippen LogP contribution in [0.5, 0.6) is 0 Å². The van der Waals surface area contributed by atoms with Gasteiger partial charge in [-0.3, -0.25) is 0 Å². The topological polar surface area (TPSA) is 36.9 Å². The lowest BCUT2D eigenvalue weighted by Gasteiger charge is -2.20. The maximum absolute atomic E-state index is 6.33. The Balaban J connectivity index is 1.98. The molecule has 0 amide bonds. The van der Waals surface area contributed by atoms with Gasteiger partial charge in [-0.15, -0.1) is 0 Å². The molecule has 3 rings (SSSR count). The molecule has 2 heterocycles. The van der Waals surface area contributed by atoms with E-state index in [-0.39, 0.29) is 0 Å². The van der Waals surface area contributed by atoms with Crippen molar-refractivity contribution in [1.29, 1.82) is 0 Å². The summed E-state index contributed by atoms with van der Waals surface area (Å²) in [5, 5.41) is 0. The lowest BCUT2D eigenvalue weighted by atomic mass is 9.67. The molecule has 0 aliphatic carbocycles. The first kappa shape index (κ1) is 26.9. The first-order chi connectivity index (χ1) is 16.1. The molecular weight excluding hydrogens is 422 g/mol. The first-order valence-corrected chi connectivity index (χ1v) is 13.3. The van der Waals surface area contributed by atoms with Crippen molar-refractivity contribution in [3.05, 3.63) is 47.9 Å². The third-order valence-corrected chi connectivity index (χ3v) is 7.15. The highest BCUT2D eigenvalue weighted by atomic mass is 16.7. The molecule has 0 aromatic heterocycles. The average molecular weight is 466 g/mol. The highest BCUT2D eigenvalue weighted by Crippen LogP contribution is 2.32. The Morgan fingerprint density at radius 1 is 0.647 bits per heavy atom. The normalized spacial score (nSPS) is 19.0. The minimum Gasteiger partial charge on any atom is -0.534 e. The second-order valence-corrected chi connectivity index (χ2v) is 10.9. The van der Waals surface area contributed by atoms with Gasteiger partial charge >= 0.3 is 14.2 Å². The lowest BCUT2D eigenvalue weighted by molar-refractivity contribution is 0.172. The zero-order valence-electron chi connectivity index (χ0n) is 22.4. The number of aryl methyl sites for hydroxylation is 2. The van der Waals surface area contributed by atoms with Gasteiger partial charge in [-0.25, -0.2) is 0 Å². The molecule has 0 bridgehead atoms. The van der Waals surface area contributed by atoms with Gasteiger partial charge in [0.05, 0.1) is 11.5 Å². The molecule has 1 aromatic carbocycles. The molecule has 1 aromatic rings. The number of hydrogen-bond donors (Lipinski definition) is 0. The van der Waals surface area contributed by atoms with E-state index in [0.717, 1.165) is 36.6 Å². The SMILES string of the molecule is C=C1OB(c2cc(CCCCCC)c(B3OC(=C)C(C)(C)O3)cc2CCCCCC)OC1(C)C. The van der Waals surface area contributed by atoms with Crippen LogP contribution in [0.1, 0.15) is 104 Å². The van der Waals surface area contributed by atoms with E-state index in [2.05, 4.69) is 39.1 Å². The summed E-state index contributed by atoms with van der Waals surface area (Å²) in [6, 6.07) is 4.58. The molecule has 0 N–H and O–H groups in total. The molecule has 2 fully saturated rings. The van der Waals surface area contributed by atoms with Gasteiger partial charge in [-0.05, 0) is 64.5 Å². The molecule has 4 nitrogen and oxygen atoms in total. The van der Waals surface area contributed by atoms with Crippen LogP contribution >= 0.6 is 0 Å². The minimum absolute atomic E-state index is 0.427. The van der Waals surface area contributed by atoms with Crippen molar-refractivity contribution >= 4 is 25.2 Å². The number of rotatable bonds is 12. The van der Waals surface area contributed by atoms with Gasteiger partial charge < -0.3 is 18.6 Å². The Hall–Kier alpha value is -1.65. The summed E-state index contributed by atoms with van der Waals surface area (Å²) in [5.74, 6) is 1.37. The van der Waals surface area contributed by atoms with Crippen LogP contribution < -0.4 is 10.9 Å². The summed E-state index contributed by atoms with van der Waals surface area (Å²) in [6.45, 7) is 20.8. The van der Waals surface area contributed by atoms with Gasteiger partial charge in [0.25, 0.3) is 0 Å². The van der Waals surface area contributed by atoms with Crippen molar-refractivity contribution < 1.29 is 18.6 Å². The third-order valence-electron chi connectivity index (χ3n) is 7.15. The van der Waals surface area contributed by atoms with Crippen LogP contribution in [0, 0.1) is 0 Å². The minimum atomic E-state index is -0.496. The summed E-state index contributed by atoms with van der Waals surface area (Å²) < 4.78 is 25.0. The number of hydrogen-bond acceptors (Lipinski definition) is 4. The number of unbranched alkanes of at least 4 members (excludes halogenated alkanes) is 6. The molecule has 186 valence electrons. The lowest BCUT2D eigenvalue weighted by Crippen LogP contribution is -2.43. The molecule has 0 radical (unpaired) electrons. The molecule has 2 saturated heterocycles. The van der Waals surface area contributed by atoms with E-state index in [4.69, 9.17) is 18.6 Å². The highest BCUT2D eigenvalue weighted by Gasteiger charge is 2.46. The summed E-state index contributed by atoms with van der Waals surface area (Å²) >= 11 is 0. The van der Waals surface area contributed by atoms with Crippen LogP contribution in [0.3, 0.4) is 0 Å². The van der Waals surface area contributed by atoms with Crippen molar-refractivity contribution in [3.8, 4) is 0 Å². The largest absolute Gasteiger partial charge is 0.563 e. The van der Waals surface area contributed by atoms with E-state index in [9.17, 15) is 0 Å². The van der Waals surface area contributed by atoms with Gasteiger partial charge in [-0.2, -0.15) is 0 Å². The molecule has 34 heavy (non-hydrogen) atoms. The van der Waals surface area contributed by atoms with E-state index in [1.54, 1.807) is 0 Å². The predicted molar refractivity (Wildman–Crippen MR) is 144 cm³/mol. The quantitative estimate of drug-likeness (QED) is 0.280. The maximum atomic E-state index is 6.33. The van der Waals surface area contributed by atoms with Crippen LogP contribution in [0.4, 0.5) is 0 Å². The standard InChI is InChI=1S/C28H44B2O4/c1-9-11-13-15-17-23-19-26(30-32-22(4)28(7,8)34-30)24(18-16-14-12-10-2)20-25(23)29-31-21(3)27(5,6)33-29/h19-20H,3-4,9-18H2,1-2,5-8H3. The fraction of sp³-hybridized carbons (Fsp3) is 0.643. The highest BCUT2D eigenvalue weighted by molar-refractivity contribution is 6.65. The Labute approximate surface area is 208 Å². The van der Waals surface area contributed by atoms with Crippen LogP contribution in [-0.4, -0.2) is 25.4 Å².